The van der Waals surface area contributed by atoms with Gasteiger partial charge in [-0.15, -0.1) is 5.10 Å². The third-order valence-electron chi connectivity index (χ3n) is 6.24. The van der Waals surface area contributed by atoms with Crippen molar-refractivity contribution in [2.24, 2.45) is 11.3 Å². The Labute approximate surface area is 159 Å². The molecule has 0 bridgehead atoms. The van der Waals surface area contributed by atoms with Crippen LogP contribution in [0.25, 0.3) is 5.65 Å². The number of nitrogens with two attached hydrogens (primary N) is 1. The molecular formula is C19H30N6O2. The molecular weight excluding hydrogens is 344 g/mol. The van der Waals surface area contributed by atoms with Crippen molar-refractivity contribution in [2.45, 2.75) is 64.6 Å². The van der Waals surface area contributed by atoms with Crippen LogP contribution in [0.15, 0.2) is 6.20 Å². The molecule has 2 aliphatic rings. The molecule has 4 N–H and O–H groups in total. The van der Waals surface area contributed by atoms with Gasteiger partial charge in [0.05, 0.1) is 18.0 Å². The van der Waals surface area contributed by atoms with Crippen LogP contribution in [0, 0.1) is 11.3 Å². The average Bonchev–Trinajstić information content (AvgIpc) is 3.04. The molecule has 1 aliphatic heterocycles. The molecule has 8 nitrogen and oxygen atoms in total. The fraction of sp³-hybridized carbons (Fsp3) is 0.737. The number of aromatic nitrogens is 4. The molecule has 4 rings (SSSR count). The van der Waals surface area contributed by atoms with E-state index >= 15 is 0 Å². The fourth-order valence-corrected chi connectivity index (χ4v) is 4.44. The second-order valence-corrected chi connectivity index (χ2v) is 8.30. The normalized spacial score (nSPS) is 21.9. The maximum absolute atomic E-state index is 11.0. The van der Waals surface area contributed by atoms with Gasteiger partial charge in [0, 0.05) is 13.1 Å². The van der Waals surface area contributed by atoms with E-state index < -0.39 is 6.10 Å². The first-order valence-corrected chi connectivity index (χ1v) is 10.1. The lowest BCUT2D eigenvalue weighted by Gasteiger charge is -2.48. The minimum atomic E-state index is -0.611. The van der Waals surface area contributed by atoms with Crippen molar-refractivity contribution in [1.29, 1.82) is 0 Å². The first kappa shape index (κ1) is 18.4. The van der Waals surface area contributed by atoms with Gasteiger partial charge in [0.15, 0.2) is 11.5 Å². The molecule has 2 aromatic heterocycles. The molecule has 1 spiro atoms. The van der Waals surface area contributed by atoms with Crippen LogP contribution in [0.3, 0.4) is 0 Å². The van der Waals surface area contributed by atoms with E-state index in [2.05, 4.69) is 27.3 Å². The van der Waals surface area contributed by atoms with Gasteiger partial charge in [-0.25, -0.2) is 9.50 Å². The number of nitrogens with one attached hydrogen (secondary N) is 1. The summed E-state index contributed by atoms with van der Waals surface area (Å²) in [4.78, 5) is 8.55. The second-order valence-electron chi connectivity index (χ2n) is 8.30. The van der Waals surface area contributed by atoms with Gasteiger partial charge in [0.1, 0.15) is 6.10 Å². The van der Waals surface area contributed by atoms with Gasteiger partial charge < -0.3 is 20.9 Å². The molecule has 1 saturated heterocycles. The van der Waals surface area contributed by atoms with Crippen LogP contribution in [-0.4, -0.2) is 43.9 Å². The van der Waals surface area contributed by atoms with Crippen LogP contribution in [0.1, 0.15) is 64.2 Å². The van der Waals surface area contributed by atoms with Crippen LogP contribution >= 0.6 is 0 Å². The molecule has 0 aromatic carbocycles. The van der Waals surface area contributed by atoms with Crippen molar-refractivity contribution in [3.63, 3.8) is 0 Å². The number of imidazole rings is 1. The molecule has 2 aromatic rings. The van der Waals surface area contributed by atoms with Gasteiger partial charge in [-0.1, -0.05) is 13.3 Å². The summed E-state index contributed by atoms with van der Waals surface area (Å²) in [6.45, 7) is 6.33. The van der Waals surface area contributed by atoms with Gasteiger partial charge >= 0.3 is 6.01 Å². The molecule has 0 radical (unpaired) electrons. The molecule has 3 heterocycles. The maximum atomic E-state index is 11.0. The van der Waals surface area contributed by atoms with Gasteiger partial charge in [0.25, 0.3) is 0 Å². The zero-order valence-corrected chi connectivity index (χ0v) is 16.2. The molecule has 0 amide bonds. The zero-order chi connectivity index (χ0) is 19.0. The molecule has 2 unspecified atom stereocenters. The van der Waals surface area contributed by atoms with Crippen molar-refractivity contribution in [3.8, 4) is 6.01 Å². The second kappa shape index (κ2) is 7.24. The Bertz CT molecular complexity index is 793. The molecule has 1 aliphatic carbocycles. The monoisotopic (exact) mass is 374 g/mol. The predicted octanol–water partition coefficient (Wildman–Crippen LogP) is 2.09. The van der Waals surface area contributed by atoms with Gasteiger partial charge in [-0.05, 0) is 50.4 Å². The highest BCUT2D eigenvalue weighted by Crippen LogP contribution is 2.45. The van der Waals surface area contributed by atoms with Crippen LogP contribution in [0.4, 0.5) is 5.82 Å². The molecule has 148 valence electrons. The number of hydrogen-bond donors (Lipinski definition) is 3. The lowest BCUT2D eigenvalue weighted by molar-refractivity contribution is 0.0194. The summed E-state index contributed by atoms with van der Waals surface area (Å²) in [5.41, 5.74) is 7.66. The number of nitrogens with zero attached hydrogens (tertiary/aromatic N) is 4. The van der Waals surface area contributed by atoms with Crippen molar-refractivity contribution in [3.05, 3.63) is 11.9 Å². The lowest BCUT2D eigenvalue weighted by atomic mass is 9.66. The van der Waals surface area contributed by atoms with Gasteiger partial charge in [-0.3, -0.25) is 0 Å². The quantitative estimate of drug-likeness (QED) is 0.710. The summed E-state index contributed by atoms with van der Waals surface area (Å²) in [6, 6.07) is 0.232. The topological polar surface area (TPSA) is 111 Å². The third kappa shape index (κ3) is 3.48. The minimum Gasteiger partial charge on any atom is -0.459 e. The zero-order valence-electron chi connectivity index (χ0n) is 16.2. The molecule has 2 fully saturated rings. The van der Waals surface area contributed by atoms with Crippen molar-refractivity contribution >= 4 is 11.5 Å². The van der Waals surface area contributed by atoms with E-state index in [1.165, 1.54) is 12.8 Å². The van der Waals surface area contributed by atoms with E-state index in [-0.39, 0.29) is 23.9 Å². The number of aliphatic hydroxyl groups is 1. The number of anilines is 1. The summed E-state index contributed by atoms with van der Waals surface area (Å²) in [7, 11) is 0. The number of hydrogen-bond acceptors (Lipinski definition) is 7. The summed E-state index contributed by atoms with van der Waals surface area (Å²) in [5.74, 6) is 0.487. The highest BCUT2D eigenvalue weighted by atomic mass is 16.5. The number of fused-ring (bicyclic) bond motifs is 1. The Hall–Kier alpha value is -1.93. The van der Waals surface area contributed by atoms with E-state index in [4.69, 9.17) is 10.5 Å². The highest BCUT2D eigenvalue weighted by molar-refractivity contribution is 5.59. The molecule has 2 atom stereocenters. The fourth-order valence-electron chi connectivity index (χ4n) is 4.44. The molecule has 8 heteroatoms. The predicted molar refractivity (Wildman–Crippen MR) is 102 cm³/mol. The van der Waals surface area contributed by atoms with Crippen LogP contribution in [0.2, 0.25) is 0 Å². The largest absolute Gasteiger partial charge is 0.459 e. The van der Waals surface area contributed by atoms with E-state index in [9.17, 15) is 5.11 Å². The van der Waals surface area contributed by atoms with Crippen LogP contribution in [0.5, 0.6) is 6.01 Å². The lowest BCUT2D eigenvalue weighted by Crippen LogP contribution is -2.55. The standard InChI is InChI=1S/C19H30N6O2/c1-3-4-12(2)27-18-23-16(20)17-22-9-14(25(17)24-18)15(26)13-5-7-19(8-6-13)10-21-11-19/h9,12-13,15,21,26H,3-8,10-11H2,1-2H3,(H2,20,23,24). The Morgan fingerprint density at radius 3 is 2.78 bits per heavy atom. The highest BCUT2D eigenvalue weighted by Gasteiger charge is 2.42. The number of nitrogen functional groups attached to an aromatic ring is 1. The Balaban J connectivity index is 1.55. The Kier molecular flexibility index (Phi) is 4.94. The maximum Gasteiger partial charge on any atom is 0.336 e. The summed E-state index contributed by atoms with van der Waals surface area (Å²) in [5, 5.41) is 18.9. The van der Waals surface area contributed by atoms with E-state index in [1.807, 2.05) is 6.92 Å². The average molecular weight is 374 g/mol. The van der Waals surface area contributed by atoms with Crippen molar-refractivity contribution in [1.82, 2.24) is 24.9 Å². The molecule has 1 saturated carbocycles. The van der Waals surface area contributed by atoms with E-state index in [0.717, 1.165) is 38.8 Å². The minimum absolute atomic E-state index is 0.00867. The Morgan fingerprint density at radius 1 is 1.41 bits per heavy atom. The van der Waals surface area contributed by atoms with Crippen molar-refractivity contribution in [2.75, 3.05) is 18.8 Å². The first-order chi connectivity index (χ1) is 13.0. The number of ether oxygens (including phenoxy) is 1. The van der Waals surface area contributed by atoms with E-state index in [1.54, 1.807) is 10.7 Å². The van der Waals surface area contributed by atoms with Gasteiger partial charge in [0.2, 0.25) is 0 Å². The molecule has 27 heavy (non-hydrogen) atoms. The van der Waals surface area contributed by atoms with Crippen LogP contribution in [-0.2, 0) is 0 Å². The third-order valence-corrected chi connectivity index (χ3v) is 6.24. The number of rotatable bonds is 6. The summed E-state index contributed by atoms with van der Waals surface area (Å²) in [6.07, 6.45) is 7.37. The first-order valence-electron chi connectivity index (χ1n) is 10.1. The SMILES string of the molecule is CCCC(C)Oc1nc(N)c2ncc(C(O)C3CCC4(CC3)CNC4)n2n1. The summed E-state index contributed by atoms with van der Waals surface area (Å²) < 4.78 is 7.41. The van der Waals surface area contributed by atoms with Gasteiger partial charge in [-0.2, -0.15) is 4.98 Å². The number of aliphatic hydroxyl groups excluding tert-OH is 1. The Morgan fingerprint density at radius 2 is 2.15 bits per heavy atom. The van der Waals surface area contributed by atoms with Crippen molar-refractivity contribution < 1.29 is 9.84 Å². The van der Waals surface area contributed by atoms with Crippen LogP contribution < -0.4 is 15.8 Å². The van der Waals surface area contributed by atoms with E-state index in [0.29, 0.717) is 16.8 Å². The smallest absolute Gasteiger partial charge is 0.336 e. The summed E-state index contributed by atoms with van der Waals surface area (Å²) >= 11 is 0.